The lowest BCUT2D eigenvalue weighted by atomic mass is 9.90. The molecule has 0 aromatic carbocycles. The number of likely N-dealkylation sites (tertiary alicyclic amines) is 1. The lowest BCUT2D eigenvalue weighted by Crippen LogP contribution is -2.39. The van der Waals surface area contributed by atoms with Crippen LogP contribution in [-0.4, -0.2) is 54.6 Å². The second-order valence-corrected chi connectivity index (χ2v) is 8.19. The largest absolute Gasteiger partial charge is 0.365 e. The van der Waals surface area contributed by atoms with Gasteiger partial charge in [-0.25, -0.2) is 15.0 Å². The van der Waals surface area contributed by atoms with E-state index in [0.29, 0.717) is 22.9 Å². The van der Waals surface area contributed by atoms with Crippen molar-refractivity contribution in [1.29, 1.82) is 0 Å². The van der Waals surface area contributed by atoms with Crippen LogP contribution >= 0.6 is 0 Å². The topological polar surface area (TPSA) is 71.8 Å². The first-order valence-electron chi connectivity index (χ1n) is 10.5. The number of pyridine rings is 1. The van der Waals surface area contributed by atoms with Crippen molar-refractivity contribution in [2.75, 3.05) is 18.4 Å². The molecule has 0 spiro atoms. The molecule has 1 saturated carbocycles. The van der Waals surface area contributed by atoms with Gasteiger partial charge in [0.1, 0.15) is 5.52 Å². The third-order valence-corrected chi connectivity index (χ3v) is 6.29. The summed E-state index contributed by atoms with van der Waals surface area (Å²) in [5, 5.41) is 3.47. The van der Waals surface area contributed by atoms with Crippen LogP contribution in [-0.2, 0) is 7.05 Å². The summed E-state index contributed by atoms with van der Waals surface area (Å²) in [6, 6.07) is 4.62. The number of nitrogens with one attached hydrogen (secondary N) is 1. The molecule has 0 unspecified atom stereocenters. The zero-order valence-electron chi connectivity index (χ0n) is 16.7. The van der Waals surface area contributed by atoms with Crippen molar-refractivity contribution in [3.63, 3.8) is 0 Å². The Morgan fingerprint density at radius 2 is 1.83 bits per heavy atom. The zero-order chi connectivity index (χ0) is 19.8. The van der Waals surface area contributed by atoms with Crippen LogP contribution in [0.2, 0.25) is 0 Å². The highest BCUT2D eigenvalue weighted by Gasteiger charge is 2.28. The predicted molar refractivity (Wildman–Crippen MR) is 110 cm³/mol. The van der Waals surface area contributed by atoms with Crippen molar-refractivity contribution in [3.05, 3.63) is 30.7 Å². The van der Waals surface area contributed by atoms with Crippen LogP contribution in [0.1, 0.15) is 38.5 Å². The molecular formula is C21H26FN7. The van der Waals surface area contributed by atoms with Gasteiger partial charge in [-0.2, -0.15) is 9.37 Å². The van der Waals surface area contributed by atoms with E-state index in [1.54, 1.807) is 18.6 Å². The molecule has 0 atom stereocenters. The molecule has 1 saturated heterocycles. The molecule has 1 N–H and O–H groups in total. The maximum absolute atomic E-state index is 14.0. The molecular weight excluding hydrogens is 369 g/mol. The molecule has 7 nitrogen and oxygen atoms in total. The molecule has 3 aromatic rings. The van der Waals surface area contributed by atoms with E-state index < -0.39 is 6.08 Å². The minimum Gasteiger partial charge on any atom is -0.365 e. The number of anilines is 1. The zero-order valence-corrected chi connectivity index (χ0v) is 16.7. The number of hydrogen-bond acceptors (Lipinski definition) is 6. The van der Waals surface area contributed by atoms with Crippen LogP contribution in [0.15, 0.2) is 24.7 Å². The normalized spacial score (nSPS) is 23.0. The second-order valence-electron chi connectivity index (χ2n) is 8.19. The highest BCUT2D eigenvalue weighted by atomic mass is 19.1. The Hall–Kier alpha value is -2.61. The Labute approximate surface area is 169 Å². The Balaban J connectivity index is 1.38. The molecule has 29 heavy (non-hydrogen) atoms. The average molecular weight is 395 g/mol. The molecule has 5 rings (SSSR count). The summed E-state index contributed by atoms with van der Waals surface area (Å²) in [6.45, 7) is 2.48. The van der Waals surface area contributed by atoms with E-state index in [4.69, 9.17) is 4.98 Å². The molecule has 2 fully saturated rings. The highest BCUT2D eigenvalue weighted by Crippen LogP contribution is 2.29. The molecule has 0 amide bonds. The smallest absolute Gasteiger partial charge is 0.311 e. The predicted octanol–water partition coefficient (Wildman–Crippen LogP) is 3.38. The van der Waals surface area contributed by atoms with Crippen molar-refractivity contribution in [2.45, 2.75) is 50.6 Å². The van der Waals surface area contributed by atoms with Crippen LogP contribution in [0.4, 0.5) is 10.2 Å². The Bertz CT molecular complexity index is 1000. The van der Waals surface area contributed by atoms with E-state index in [9.17, 15) is 4.39 Å². The molecule has 1 aliphatic heterocycles. The quantitative estimate of drug-likeness (QED) is 0.683. The van der Waals surface area contributed by atoms with Gasteiger partial charge in [-0.1, -0.05) is 0 Å². The van der Waals surface area contributed by atoms with Gasteiger partial charge >= 0.3 is 6.08 Å². The lowest BCUT2D eigenvalue weighted by molar-refractivity contribution is 0.186. The number of aromatic nitrogens is 5. The van der Waals surface area contributed by atoms with Gasteiger partial charge in [-0.3, -0.25) is 0 Å². The van der Waals surface area contributed by atoms with E-state index in [1.807, 2.05) is 17.7 Å². The summed E-state index contributed by atoms with van der Waals surface area (Å²) in [5.74, 6) is 0.487. The molecule has 8 heteroatoms. The molecule has 0 bridgehead atoms. The van der Waals surface area contributed by atoms with Gasteiger partial charge in [-0.05, 0) is 63.7 Å². The first kappa shape index (κ1) is 18.4. The number of fused-ring (bicyclic) bond motifs is 1. The number of halogens is 1. The molecule has 2 aliphatic rings. The summed E-state index contributed by atoms with van der Waals surface area (Å²) >= 11 is 0. The van der Waals surface area contributed by atoms with Crippen LogP contribution in [0.5, 0.6) is 0 Å². The number of rotatable bonds is 4. The Morgan fingerprint density at radius 1 is 1.03 bits per heavy atom. The van der Waals surface area contributed by atoms with Crippen molar-refractivity contribution in [2.24, 2.45) is 7.05 Å². The van der Waals surface area contributed by atoms with Crippen LogP contribution in [0.3, 0.4) is 0 Å². The van der Waals surface area contributed by atoms with Gasteiger partial charge in [0.05, 0.1) is 29.4 Å². The Morgan fingerprint density at radius 3 is 2.55 bits per heavy atom. The van der Waals surface area contributed by atoms with E-state index in [1.165, 1.54) is 38.8 Å². The molecule has 3 aromatic heterocycles. The SMILES string of the molecule is Cn1cncc1-c1ccc2nc(F)nc(NC3CCC(N4CCCC4)CC3)c2n1. The fourth-order valence-electron chi connectivity index (χ4n) is 4.72. The summed E-state index contributed by atoms with van der Waals surface area (Å²) in [5.41, 5.74) is 2.78. The first-order chi connectivity index (χ1) is 14.2. The van der Waals surface area contributed by atoms with Gasteiger partial charge in [0.2, 0.25) is 0 Å². The van der Waals surface area contributed by atoms with Crippen molar-refractivity contribution >= 4 is 16.9 Å². The lowest BCUT2D eigenvalue weighted by Gasteiger charge is -2.35. The monoisotopic (exact) mass is 395 g/mol. The number of nitrogens with zero attached hydrogens (tertiary/aromatic N) is 6. The fourth-order valence-corrected chi connectivity index (χ4v) is 4.72. The van der Waals surface area contributed by atoms with E-state index >= 15 is 0 Å². The number of aryl methyl sites for hydroxylation is 1. The van der Waals surface area contributed by atoms with Gasteiger partial charge < -0.3 is 14.8 Å². The van der Waals surface area contributed by atoms with Crippen molar-refractivity contribution < 1.29 is 4.39 Å². The van der Waals surface area contributed by atoms with Crippen molar-refractivity contribution in [1.82, 2.24) is 29.4 Å². The maximum atomic E-state index is 14.0. The first-order valence-corrected chi connectivity index (χ1v) is 10.5. The van der Waals surface area contributed by atoms with E-state index in [0.717, 1.165) is 24.2 Å². The van der Waals surface area contributed by atoms with Crippen molar-refractivity contribution in [3.8, 4) is 11.4 Å². The second kappa shape index (κ2) is 7.67. The van der Waals surface area contributed by atoms with Crippen LogP contribution < -0.4 is 5.32 Å². The maximum Gasteiger partial charge on any atom is 0.311 e. The summed E-state index contributed by atoms with van der Waals surface area (Å²) in [4.78, 5) is 19.5. The molecule has 4 heterocycles. The Kier molecular flexibility index (Phi) is 4.87. The van der Waals surface area contributed by atoms with Gasteiger partial charge in [-0.15, -0.1) is 0 Å². The van der Waals surface area contributed by atoms with Gasteiger partial charge in [0.25, 0.3) is 0 Å². The fraction of sp³-hybridized carbons (Fsp3) is 0.524. The molecule has 1 aliphatic carbocycles. The molecule has 0 radical (unpaired) electrons. The number of imidazole rings is 1. The third kappa shape index (κ3) is 3.69. The van der Waals surface area contributed by atoms with Crippen LogP contribution in [0.25, 0.3) is 22.4 Å². The number of hydrogen-bond donors (Lipinski definition) is 1. The standard InChI is InChI=1S/C21H26FN7/c1-28-13-23-12-18(28)16-8-9-17-19(25-16)20(27-21(22)26-17)24-14-4-6-15(7-5-14)29-10-2-3-11-29/h8-9,12-15H,2-7,10-11H2,1H3,(H,24,26,27). The highest BCUT2D eigenvalue weighted by molar-refractivity contribution is 5.86. The van der Waals surface area contributed by atoms with Crippen LogP contribution in [0, 0.1) is 6.08 Å². The summed E-state index contributed by atoms with van der Waals surface area (Å²) in [7, 11) is 1.92. The van der Waals surface area contributed by atoms with Gasteiger partial charge in [0.15, 0.2) is 5.82 Å². The average Bonchev–Trinajstić information content (AvgIpc) is 3.40. The minimum atomic E-state index is -0.721. The molecule has 152 valence electrons. The van der Waals surface area contributed by atoms with E-state index in [2.05, 4.69) is 25.2 Å². The third-order valence-electron chi connectivity index (χ3n) is 6.29. The van der Waals surface area contributed by atoms with Gasteiger partial charge in [0, 0.05) is 19.1 Å². The minimum absolute atomic E-state index is 0.286. The summed E-state index contributed by atoms with van der Waals surface area (Å²) in [6.07, 6.45) is 9.93. The van der Waals surface area contributed by atoms with E-state index in [-0.39, 0.29) is 6.04 Å². The summed E-state index contributed by atoms with van der Waals surface area (Å²) < 4.78 is 16.0.